The zero-order chi connectivity index (χ0) is 16.6. The Balaban J connectivity index is 1.73. The first-order valence-electron chi connectivity index (χ1n) is 8.09. The van der Waals surface area contributed by atoms with E-state index in [1.807, 2.05) is 28.8 Å². The average molecular weight is 342 g/mol. The molecule has 0 aliphatic heterocycles. The van der Waals surface area contributed by atoms with Gasteiger partial charge in [-0.2, -0.15) is 9.61 Å². The molecule has 5 heteroatoms. The van der Waals surface area contributed by atoms with Crippen molar-refractivity contribution in [1.29, 1.82) is 0 Å². The van der Waals surface area contributed by atoms with Gasteiger partial charge in [0, 0.05) is 17.4 Å². The smallest absolute Gasteiger partial charge is 0.168 e. The topological polar surface area (TPSA) is 43.1 Å². The van der Waals surface area contributed by atoms with Crippen LogP contribution in [0.15, 0.2) is 72.4 Å². The molecule has 0 fully saturated rings. The predicted octanol–water partition coefficient (Wildman–Crippen LogP) is 4.60. The molecule has 0 radical (unpaired) electrons. The normalized spacial score (nSPS) is 11.4. The molecule has 5 aromatic rings. The van der Waals surface area contributed by atoms with Crippen molar-refractivity contribution in [3.05, 3.63) is 83.8 Å². The van der Waals surface area contributed by atoms with Gasteiger partial charge in [-0.05, 0) is 11.1 Å². The van der Waals surface area contributed by atoms with Gasteiger partial charge < -0.3 is 0 Å². The van der Waals surface area contributed by atoms with Gasteiger partial charge in [0.25, 0.3) is 0 Å². The maximum atomic E-state index is 4.90. The summed E-state index contributed by atoms with van der Waals surface area (Å²) in [4.78, 5) is 10.4. The monoisotopic (exact) mass is 342 g/mol. The molecule has 0 bridgehead atoms. The minimum Gasteiger partial charge on any atom is -0.221 e. The Labute approximate surface area is 148 Å². The Morgan fingerprint density at radius 1 is 0.920 bits per heavy atom. The quantitative estimate of drug-likeness (QED) is 0.481. The van der Waals surface area contributed by atoms with Gasteiger partial charge in [0.15, 0.2) is 5.65 Å². The van der Waals surface area contributed by atoms with Crippen molar-refractivity contribution < 1.29 is 0 Å². The molecule has 0 saturated carbocycles. The summed E-state index contributed by atoms with van der Waals surface area (Å²) in [6.07, 6.45) is 2.34. The van der Waals surface area contributed by atoms with Gasteiger partial charge in [0.05, 0.1) is 5.39 Å². The molecule has 0 aliphatic rings. The van der Waals surface area contributed by atoms with E-state index in [0.29, 0.717) is 0 Å². The average Bonchev–Trinajstić information content (AvgIpc) is 3.30. The minimum atomic E-state index is 0.731. The minimum absolute atomic E-state index is 0.731. The number of hydrogen-bond acceptors (Lipinski definition) is 4. The molecule has 4 nitrogen and oxygen atoms in total. The first-order valence-corrected chi connectivity index (χ1v) is 8.97. The zero-order valence-electron chi connectivity index (χ0n) is 13.3. The van der Waals surface area contributed by atoms with E-state index < -0.39 is 0 Å². The fourth-order valence-corrected chi connectivity index (χ4v) is 4.10. The van der Waals surface area contributed by atoms with Gasteiger partial charge >= 0.3 is 0 Å². The third-order valence-electron chi connectivity index (χ3n) is 4.31. The van der Waals surface area contributed by atoms with Gasteiger partial charge in [0.1, 0.15) is 17.0 Å². The summed E-state index contributed by atoms with van der Waals surface area (Å²) in [6, 6.07) is 20.7. The molecule has 0 unspecified atom stereocenters. The molecule has 0 atom stereocenters. The fourth-order valence-electron chi connectivity index (χ4n) is 3.13. The van der Waals surface area contributed by atoms with E-state index in [1.54, 1.807) is 17.7 Å². The van der Waals surface area contributed by atoms with Crippen molar-refractivity contribution >= 4 is 27.2 Å². The van der Waals surface area contributed by atoms with Gasteiger partial charge in [-0.3, -0.25) is 0 Å². The fraction of sp³-hybridized carbons (Fsp3) is 0.0500. The molecule has 2 aromatic carbocycles. The summed E-state index contributed by atoms with van der Waals surface area (Å²) < 4.78 is 1.87. The Bertz CT molecular complexity index is 1160. The zero-order valence-corrected chi connectivity index (χ0v) is 14.1. The van der Waals surface area contributed by atoms with E-state index >= 15 is 0 Å². The molecule has 120 valence electrons. The van der Waals surface area contributed by atoms with Crippen LogP contribution in [0.5, 0.6) is 0 Å². The Hall–Kier alpha value is -3.05. The van der Waals surface area contributed by atoms with Crippen molar-refractivity contribution in [1.82, 2.24) is 19.6 Å². The summed E-state index contributed by atoms with van der Waals surface area (Å²) in [7, 11) is 0. The van der Waals surface area contributed by atoms with E-state index in [4.69, 9.17) is 4.98 Å². The molecule has 0 amide bonds. The summed E-state index contributed by atoms with van der Waals surface area (Å²) in [5.74, 6) is 0.910. The number of rotatable bonds is 3. The SMILES string of the molecule is c1ccc(Cc2nc3scc(-c4ccccc4)c3c3ncnn23)cc1. The second-order valence-corrected chi connectivity index (χ2v) is 6.74. The third kappa shape index (κ3) is 2.40. The summed E-state index contributed by atoms with van der Waals surface area (Å²) in [5, 5.41) is 7.66. The Morgan fingerprint density at radius 3 is 2.48 bits per heavy atom. The van der Waals surface area contributed by atoms with Crippen LogP contribution in [0.4, 0.5) is 0 Å². The number of fused-ring (bicyclic) bond motifs is 3. The molecule has 3 aromatic heterocycles. The lowest BCUT2D eigenvalue weighted by molar-refractivity contribution is 0.840. The third-order valence-corrected chi connectivity index (χ3v) is 5.18. The number of benzene rings is 2. The lowest BCUT2D eigenvalue weighted by Gasteiger charge is -2.06. The van der Waals surface area contributed by atoms with Crippen molar-refractivity contribution in [2.75, 3.05) is 0 Å². The van der Waals surface area contributed by atoms with Crippen LogP contribution in [0.2, 0.25) is 0 Å². The molecule has 0 aliphatic carbocycles. The highest BCUT2D eigenvalue weighted by atomic mass is 32.1. The molecular weight excluding hydrogens is 328 g/mol. The maximum Gasteiger partial charge on any atom is 0.168 e. The van der Waals surface area contributed by atoms with Crippen LogP contribution in [0, 0.1) is 0 Å². The highest BCUT2D eigenvalue weighted by Crippen LogP contribution is 2.35. The summed E-state index contributed by atoms with van der Waals surface area (Å²) >= 11 is 1.66. The lowest BCUT2D eigenvalue weighted by atomic mass is 10.1. The predicted molar refractivity (Wildman–Crippen MR) is 101 cm³/mol. The Kier molecular flexibility index (Phi) is 3.31. The van der Waals surface area contributed by atoms with Crippen molar-refractivity contribution in [2.24, 2.45) is 0 Å². The first kappa shape index (κ1) is 14.3. The standard InChI is InChI=1S/C20H14N4S/c1-3-7-14(8-4-1)11-17-23-20-18(19-21-13-22-24(17)19)16(12-25-20)15-9-5-2-6-10-15/h1-10,12-13H,11H2. The van der Waals surface area contributed by atoms with Crippen LogP contribution < -0.4 is 0 Å². The van der Waals surface area contributed by atoms with Crippen LogP contribution in [-0.4, -0.2) is 19.6 Å². The van der Waals surface area contributed by atoms with E-state index in [-0.39, 0.29) is 0 Å². The molecule has 3 heterocycles. The van der Waals surface area contributed by atoms with Crippen LogP contribution in [-0.2, 0) is 6.42 Å². The largest absolute Gasteiger partial charge is 0.221 e. The van der Waals surface area contributed by atoms with Gasteiger partial charge in [0.2, 0.25) is 0 Å². The van der Waals surface area contributed by atoms with Crippen LogP contribution in [0.25, 0.3) is 27.0 Å². The second-order valence-electron chi connectivity index (χ2n) is 5.88. The molecule has 0 spiro atoms. The first-order chi connectivity index (χ1) is 12.4. The van der Waals surface area contributed by atoms with Crippen molar-refractivity contribution in [2.45, 2.75) is 6.42 Å². The lowest BCUT2D eigenvalue weighted by Crippen LogP contribution is -2.03. The van der Waals surface area contributed by atoms with Crippen molar-refractivity contribution in [3.8, 4) is 11.1 Å². The van der Waals surface area contributed by atoms with Gasteiger partial charge in [-0.25, -0.2) is 9.97 Å². The number of thiophene rings is 1. The number of nitrogens with zero attached hydrogens (tertiary/aromatic N) is 4. The molecule has 5 rings (SSSR count). The van der Waals surface area contributed by atoms with E-state index in [1.165, 1.54) is 11.1 Å². The second kappa shape index (κ2) is 5.79. The highest BCUT2D eigenvalue weighted by molar-refractivity contribution is 7.17. The van der Waals surface area contributed by atoms with Crippen molar-refractivity contribution in [3.63, 3.8) is 0 Å². The Morgan fingerprint density at radius 2 is 1.68 bits per heavy atom. The van der Waals surface area contributed by atoms with Gasteiger partial charge in [-0.15, -0.1) is 11.3 Å². The summed E-state index contributed by atoms with van der Waals surface area (Å²) in [5.41, 5.74) is 4.43. The van der Waals surface area contributed by atoms with Gasteiger partial charge in [-0.1, -0.05) is 60.7 Å². The van der Waals surface area contributed by atoms with E-state index in [9.17, 15) is 0 Å². The van der Waals surface area contributed by atoms with Crippen LogP contribution in [0.3, 0.4) is 0 Å². The molecule has 25 heavy (non-hydrogen) atoms. The molecular formula is C20H14N4S. The molecule has 0 saturated heterocycles. The van der Waals surface area contributed by atoms with Crippen LogP contribution in [0.1, 0.15) is 11.4 Å². The highest BCUT2D eigenvalue weighted by Gasteiger charge is 2.16. The van der Waals surface area contributed by atoms with Crippen LogP contribution >= 0.6 is 11.3 Å². The maximum absolute atomic E-state index is 4.90. The number of hydrogen-bond donors (Lipinski definition) is 0. The van der Waals surface area contributed by atoms with E-state index in [0.717, 1.165) is 33.7 Å². The van der Waals surface area contributed by atoms with E-state index in [2.05, 4.69) is 51.9 Å². The number of aromatic nitrogens is 4. The molecule has 0 N–H and O–H groups in total. The summed E-state index contributed by atoms with van der Waals surface area (Å²) in [6.45, 7) is 0.